The highest BCUT2D eigenvalue weighted by Gasteiger charge is 2.26. The molecule has 9 heteroatoms. The molecule has 0 saturated carbocycles. The summed E-state index contributed by atoms with van der Waals surface area (Å²) in [6.45, 7) is 1.25. The zero-order valence-corrected chi connectivity index (χ0v) is 16.2. The normalized spacial score (nSPS) is 23.7. The van der Waals surface area contributed by atoms with Crippen LogP contribution in [-0.4, -0.2) is 37.3 Å². The van der Waals surface area contributed by atoms with Crippen LogP contribution in [0.4, 0.5) is 8.78 Å². The molecule has 4 rings (SSSR count). The molecule has 0 aromatic heterocycles. The van der Waals surface area contributed by atoms with Crippen LogP contribution in [0.2, 0.25) is 0 Å². The van der Waals surface area contributed by atoms with Crippen molar-refractivity contribution in [3.05, 3.63) is 71.3 Å². The summed E-state index contributed by atoms with van der Waals surface area (Å²) in [6, 6.07) is 11.5. The maximum absolute atomic E-state index is 13.2. The number of carbonyl (C=O) groups excluding carboxylic acids is 1. The van der Waals surface area contributed by atoms with Crippen molar-refractivity contribution in [1.29, 1.82) is 0 Å². The van der Waals surface area contributed by atoms with Gasteiger partial charge in [0, 0.05) is 31.2 Å². The maximum atomic E-state index is 13.2. The maximum Gasteiger partial charge on any atom is 0.280 e. The Balaban J connectivity index is 1.42. The highest BCUT2D eigenvalue weighted by atomic mass is 19.1. The monoisotopic (exact) mass is 415 g/mol. The van der Waals surface area contributed by atoms with Crippen LogP contribution in [0, 0.1) is 11.6 Å². The third-order valence-electron chi connectivity index (χ3n) is 5.08. The molecule has 7 nitrogen and oxygen atoms in total. The van der Waals surface area contributed by atoms with Crippen molar-refractivity contribution in [2.24, 2.45) is 4.99 Å². The number of hydrazine groups is 1. The second-order valence-electron chi connectivity index (χ2n) is 7.26. The molecule has 3 atom stereocenters. The van der Waals surface area contributed by atoms with Gasteiger partial charge in [0.05, 0.1) is 12.3 Å². The van der Waals surface area contributed by atoms with Crippen LogP contribution in [0.5, 0.6) is 0 Å². The van der Waals surface area contributed by atoms with Crippen LogP contribution < -0.4 is 21.5 Å². The lowest BCUT2D eigenvalue weighted by atomic mass is 10.0. The fourth-order valence-electron chi connectivity index (χ4n) is 3.27. The molecule has 30 heavy (non-hydrogen) atoms. The number of nitrogens with one attached hydrogen (secondary N) is 4. The van der Waals surface area contributed by atoms with E-state index in [1.54, 1.807) is 12.1 Å². The lowest BCUT2D eigenvalue weighted by molar-refractivity contribution is -0.0461. The third kappa shape index (κ3) is 5.18. The zero-order valence-electron chi connectivity index (χ0n) is 16.2. The van der Waals surface area contributed by atoms with E-state index < -0.39 is 11.7 Å². The van der Waals surface area contributed by atoms with Gasteiger partial charge in [0.1, 0.15) is 11.6 Å². The standard InChI is InChI=1S/C21H23F2N5O2/c22-15-5-1-13(2-6-15)18-11-19(28-27-18)25-21(24-12-17-9-10-30-17)26-20(29)14-3-7-16(23)8-4-14/h1-8,17-19,27-28H,9-12H2,(H2,24,25,26,29). The zero-order chi connectivity index (χ0) is 20.9. The summed E-state index contributed by atoms with van der Waals surface area (Å²) in [5.74, 6) is -0.878. The number of hydrogen-bond acceptors (Lipinski definition) is 4. The van der Waals surface area contributed by atoms with E-state index in [1.807, 2.05) is 0 Å². The predicted octanol–water partition coefficient (Wildman–Crippen LogP) is 1.99. The summed E-state index contributed by atoms with van der Waals surface area (Å²) >= 11 is 0. The summed E-state index contributed by atoms with van der Waals surface area (Å²) in [5, 5.41) is 6.31. The van der Waals surface area contributed by atoms with Crippen LogP contribution in [0.3, 0.4) is 0 Å². The van der Waals surface area contributed by atoms with Gasteiger partial charge in [-0.2, -0.15) is 4.99 Å². The Bertz CT molecular complexity index is 901. The molecule has 2 aromatic carbocycles. The number of halogens is 2. The van der Waals surface area contributed by atoms with Gasteiger partial charge in [0.25, 0.3) is 5.91 Å². The van der Waals surface area contributed by atoms with E-state index in [-0.39, 0.29) is 24.1 Å². The van der Waals surface area contributed by atoms with Gasteiger partial charge < -0.3 is 15.4 Å². The average molecular weight is 415 g/mol. The number of hydrogen-bond donors (Lipinski definition) is 4. The number of guanidine groups is 1. The average Bonchev–Trinajstić information content (AvgIpc) is 3.16. The first-order chi connectivity index (χ1) is 14.6. The van der Waals surface area contributed by atoms with Gasteiger partial charge in [-0.1, -0.05) is 12.1 Å². The van der Waals surface area contributed by atoms with Crippen molar-refractivity contribution in [2.75, 3.05) is 13.2 Å². The molecular weight excluding hydrogens is 392 g/mol. The predicted molar refractivity (Wildman–Crippen MR) is 107 cm³/mol. The fraction of sp³-hybridized carbons (Fsp3) is 0.333. The first-order valence-electron chi connectivity index (χ1n) is 9.84. The van der Waals surface area contributed by atoms with Crippen LogP contribution in [0.15, 0.2) is 53.5 Å². The van der Waals surface area contributed by atoms with E-state index in [2.05, 4.69) is 26.5 Å². The SMILES string of the molecule is O=C(/N=C(/NCC1CCO1)NC1CC(c2ccc(F)cc2)NN1)c1ccc(F)cc1. The Morgan fingerprint density at radius 2 is 1.73 bits per heavy atom. The molecule has 2 saturated heterocycles. The van der Waals surface area contributed by atoms with Gasteiger partial charge in [-0.15, -0.1) is 0 Å². The number of aliphatic imine (C=N–C) groups is 1. The molecule has 2 aromatic rings. The largest absolute Gasteiger partial charge is 0.376 e. The van der Waals surface area contributed by atoms with Gasteiger partial charge in [-0.05, 0) is 48.4 Å². The highest BCUT2D eigenvalue weighted by Crippen LogP contribution is 2.21. The van der Waals surface area contributed by atoms with E-state index in [0.717, 1.165) is 18.6 Å². The lowest BCUT2D eigenvalue weighted by Gasteiger charge is -2.27. The molecule has 2 heterocycles. The number of amides is 1. The Kier molecular flexibility index (Phi) is 6.32. The molecule has 3 unspecified atom stereocenters. The Labute approximate surface area is 172 Å². The molecule has 1 amide bonds. The topological polar surface area (TPSA) is 86.8 Å². The molecule has 0 spiro atoms. The molecule has 0 bridgehead atoms. The number of benzene rings is 2. The molecule has 2 aliphatic rings. The summed E-state index contributed by atoms with van der Waals surface area (Å²) < 4.78 is 31.7. The van der Waals surface area contributed by atoms with Gasteiger partial charge in [0.2, 0.25) is 5.96 Å². The quantitative estimate of drug-likeness (QED) is 0.442. The molecular formula is C21H23F2N5O2. The van der Waals surface area contributed by atoms with Gasteiger partial charge in [-0.25, -0.2) is 19.6 Å². The first kappa shape index (κ1) is 20.4. The van der Waals surface area contributed by atoms with Crippen molar-refractivity contribution in [2.45, 2.75) is 31.2 Å². The van der Waals surface area contributed by atoms with Gasteiger partial charge >= 0.3 is 0 Å². The minimum absolute atomic E-state index is 0.0212. The molecule has 158 valence electrons. The van der Waals surface area contributed by atoms with E-state index in [4.69, 9.17) is 4.74 Å². The van der Waals surface area contributed by atoms with Crippen LogP contribution in [0.1, 0.15) is 34.8 Å². The first-order valence-corrected chi connectivity index (χ1v) is 9.84. The van der Waals surface area contributed by atoms with Crippen molar-refractivity contribution in [3.63, 3.8) is 0 Å². The van der Waals surface area contributed by atoms with Crippen LogP contribution in [-0.2, 0) is 4.74 Å². The summed E-state index contributed by atoms with van der Waals surface area (Å²) in [7, 11) is 0. The molecule has 2 fully saturated rings. The van der Waals surface area contributed by atoms with E-state index in [0.29, 0.717) is 24.5 Å². The number of ether oxygens (including phenoxy) is 1. The van der Waals surface area contributed by atoms with Crippen molar-refractivity contribution >= 4 is 11.9 Å². The second kappa shape index (κ2) is 9.29. The third-order valence-corrected chi connectivity index (χ3v) is 5.08. The van der Waals surface area contributed by atoms with Crippen LogP contribution >= 0.6 is 0 Å². The molecule has 2 aliphatic heterocycles. The smallest absolute Gasteiger partial charge is 0.280 e. The minimum atomic E-state index is -0.486. The lowest BCUT2D eigenvalue weighted by Crippen LogP contribution is -2.51. The number of carbonyl (C=O) groups is 1. The Morgan fingerprint density at radius 1 is 1.07 bits per heavy atom. The fourth-order valence-corrected chi connectivity index (χ4v) is 3.27. The Hall–Kier alpha value is -2.88. The Morgan fingerprint density at radius 3 is 2.37 bits per heavy atom. The highest BCUT2D eigenvalue weighted by molar-refractivity contribution is 6.02. The summed E-state index contributed by atoms with van der Waals surface area (Å²) in [6.07, 6.45) is 1.47. The minimum Gasteiger partial charge on any atom is -0.376 e. The van der Waals surface area contributed by atoms with E-state index in [9.17, 15) is 13.6 Å². The van der Waals surface area contributed by atoms with Crippen molar-refractivity contribution in [3.8, 4) is 0 Å². The van der Waals surface area contributed by atoms with Gasteiger partial charge in [0.15, 0.2) is 0 Å². The molecule has 4 N–H and O–H groups in total. The number of rotatable bonds is 5. The summed E-state index contributed by atoms with van der Waals surface area (Å²) in [4.78, 5) is 16.6. The second-order valence-corrected chi connectivity index (χ2v) is 7.26. The summed E-state index contributed by atoms with van der Waals surface area (Å²) in [5.41, 5.74) is 7.52. The van der Waals surface area contributed by atoms with E-state index in [1.165, 1.54) is 36.4 Å². The van der Waals surface area contributed by atoms with Crippen molar-refractivity contribution < 1.29 is 18.3 Å². The van der Waals surface area contributed by atoms with Crippen LogP contribution in [0.25, 0.3) is 0 Å². The van der Waals surface area contributed by atoms with Crippen molar-refractivity contribution in [1.82, 2.24) is 21.5 Å². The van der Waals surface area contributed by atoms with Gasteiger partial charge in [-0.3, -0.25) is 4.79 Å². The van der Waals surface area contributed by atoms with E-state index >= 15 is 0 Å². The molecule has 0 radical (unpaired) electrons. The molecule has 0 aliphatic carbocycles. The number of nitrogens with zero attached hydrogens (tertiary/aromatic N) is 1.